The quantitative estimate of drug-likeness (QED) is 0.764. The Morgan fingerprint density at radius 2 is 2.15 bits per heavy atom. The predicted molar refractivity (Wildman–Crippen MR) is 76.6 cm³/mol. The van der Waals surface area contributed by atoms with Crippen LogP contribution < -0.4 is 9.47 Å². The highest BCUT2D eigenvalue weighted by Gasteiger charge is 2.11. The summed E-state index contributed by atoms with van der Waals surface area (Å²) in [4.78, 5) is 15.0. The lowest BCUT2D eigenvalue weighted by Gasteiger charge is -2.14. The Morgan fingerprint density at radius 1 is 1.30 bits per heavy atom. The van der Waals surface area contributed by atoms with Crippen molar-refractivity contribution in [2.75, 3.05) is 6.61 Å². The van der Waals surface area contributed by atoms with Crippen LogP contribution in [0.5, 0.6) is 11.5 Å². The molecule has 0 unspecified atom stereocenters. The molecule has 2 aromatic rings. The molecule has 0 saturated carbocycles. The number of aromatic nitrogens is 1. The molecule has 0 aliphatic rings. The van der Waals surface area contributed by atoms with E-state index in [0.29, 0.717) is 28.7 Å². The van der Waals surface area contributed by atoms with Gasteiger partial charge in [0.1, 0.15) is 6.61 Å². The highest BCUT2D eigenvalue weighted by atomic mass is 35.5. The molecule has 1 aromatic carbocycles. The van der Waals surface area contributed by atoms with Crippen molar-refractivity contribution in [3.05, 3.63) is 52.8 Å². The number of para-hydroxylation sites is 1. The largest absolute Gasteiger partial charge is 0.490 e. The van der Waals surface area contributed by atoms with Gasteiger partial charge in [-0.15, -0.1) is 0 Å². The predicted octanol–water partition coefficient (Wildman–Crippen LogP) is 3.53. The van der Waals surface area contributed by atoms with Crippen molar-refractivity contribution in [1.29, 1.82) is 0 Å². The minimum Gasteiger partial charge on any atom is -0.490 e. The van der Waals surface area contributed by atoms with Gasteiger partial charge in [0.2, 0.25) is 0 Å². The number of halogens is 1. The van der Waals surface area contributed by atoms with Gasteiger partial charge in [0.15, 0.2) is 17.8 Å². The monoisotopic (exact) mass is 291 g/mol. The second-order valence-electron chi connectivity index (χ2n) is 3.98. The van der Waals surface area contributed by atoms with Crippen molar-refractivity contribution >= 4 is 17.9 Å². The second kappa shape index (κ2) is 6.91. The fourth-order valence-corrected chi connectivity index (χ4v) is 1.89. The number of hydrogen-bond acceptors (Lipinski definition) is 4. The topological polar surface area (TPSA) is 48.4 Å². The Kier molecular flexibility index (Phi) is 4.96. The summed E-state index contributed by atoms with van der Waals surface area (Å²) in [5.74, 6) is 0.972. The van der Waals surface area contributed by atoms with Crippen LogP contribution in [0.1, 0.15) is 22.8 Å². The molecule has 1 aromatic heterocycles. The maximum absolute atomic E-state index is 11.1. The summed E-state index contributed by atoms with van der Waals surface area (Å²) in [7, 11) is 0. The molecule has 20 heavy (non-hydrogen) atoms. The molecule has 5 heteroatoms. The van der Waals surface area contributed by atoms with Gasteiger partial charge in [-0.3, -0.25) is 9.78 Å². The first-order valence-corrected chi connectivity index (χ1v) is 6.56. The Bertz CT molecular complexity index is 601. The third-order valence-corrected chi connectivity index (χ3v) is 3.00. The van der Waals surface area contributed by atoms with E-state index in [1.807, 2.05) is 6.92 Å². The Morgan fingerprint density at radius 3 is 2.85 bits per heavy atom. The highest BCUT2D eigenvalue weighted by Crippen LogP contribution is 2.31. The molecule has 104 valence electrons. The SMILES string of the molecule is CCOc1cccc(C=O)c1OCc1ccncc1Cl. The number of carbonyl (C=O) groups is 1. The highest BCUT2D eigenvalue weighted by molar-refractivity contribution is 6.31. The number of hydrogen-bond donors (Lipinski definition) is 0. The van der Waals surface area contributed by atoms with Gasteiger partial charge in [-0.2, -0.15) is 0 Å². The molecule has 0 aliphatic heterocycles. The summed E-state index contributed by atoms with van der Waals surface area (Å²) in [6, 6.07) is 6.96. The number of pyridine rings is 1. The number of benzene rings is 1. The Balaban J connectivity index is 2.24. The maximum Gasteiger partial charge on any atom is 0.172 e. The van der Waals surface area contributed by atoms with Crippen molar-refractivity contribution in [3.63, 3.8) is 0 Å². The van der Waals surface area contributed by atoms with E-state index in [-0.39, 0.29) is 6.61 Å². The van der Waals surface area contributed by atoms with Crippen molar-refractivity contribution in [1.82, 2.24) is 4.98 Å². The average Bonchev–Trinajstić information content (AvgIpc) is 2.47. The van der Waals surface area contributed by atoms with Crippen LogP contribution in [0.4, 0.5) is 0 Å². The Labute approximate surface area is 122 Å². The van der Waals surface area contributed by atoms with E-state index < -0.39 is 0 Å². The molecule has 0 radical (unpaired) electrons. The van der Waals surface area contributed by atoms with Gasteiger partial charge in [-0.1, -0.05) is 17.7 Å². The van der Waals surface area contributed by atoms with Crippen molar-refractivity contribution in [2.24, 2.45) is 0 Å². The van der Waals surface area contributed by atoms with Gasteiger partial charge in [0, 0.05) is 18.0 Å². The molecule has 0 amide bonds. The van der Waals surface area contributed by atoms with E-state index in [4.69, 9.17) is 21.1 Å². The molecule has 1 heterocycles. The van der Waals surface area contributed by atoms with E-state index in [9.17, 15) is 4.79 Å². The van der Waals surface area contributed by atoms with Crippen molar-refractivity contribution < 1.29 is 14.3 Å². The van der Waals surface area contributed by atoms with Gasteiger partial charge in [0.25, 0.3) is 0 Å². The van der Waals surface area contributed by atoms with Crippen LogP contribution in [0.3, 0.4) is 0 Å². The molecular formula is C15H14ClNO3. The minimum atomic E-state index is 0.242. The molecular weight excluding hydrogens is 278 g/mol. The van der Waals surface area contributed by atoms with Gasteiger partial charge < -0.3 is 9.47 Å². The minimum absolute atomic E-state index is 0.242. The number of nitrogens with zero attached hydrogens (tertiary/aromatic N) is 1. The molecule has 0 aliphatic carbocycles. The summed E-state index contributed by atoms with van der Waals surface area (Å²) in [6.45, 7) is 2.61. The molecule has 0 fully saturated rings. The fourth-order valence-electron chi connectivity index (χ4n) is 1.72. The van der Waals surface area contributed by atoms with Crippen LogP contribution in [-0.4, -0.2) is 17.9 Å². The van der Waals surface area contributed by atoms with Crippen LogP contribution in [0, 0.1) is 0 Å². The number of aldehydes is 1. The van der Waals surface area contributed by atoms with E-state index in [1.165, 1.54) is 0 Å². The summed E-state index contributed by atoms with van der Waals surface area (Å²) in [5, 5.41) is 0.522. The summed E-state index contributed by atoms with van der Waals surface area (Å²) in [6.07, 6.45) is 3.93. The normalized spacial score (nSPS) is 10.1. The Hall–Kier alpha value is -2.07. The molecule has 0 atom stereocenters. The lowest BCUT2D eigenvalue weighted by molar-refractivity contribution is 0.111. The summed E-state index contributed by atoms with van der Waals surface area (Å²) in [5.41, 5.74) is 1.24. The summed E-state index contributed by atoms with van der Waals surface area (Å²) < 4.78 is 11.2. The van der Waals surface area contributed by atoms with Crippen molar-refractivity contribution in [3.8, 4) is 11.5 Å². The molecule has 0 saturated heterocycles. The third-order valence-electron chi connectivity index (χ3n) is 2.66. The second-order valence-corrected chi connectivity index (χ2v) is 4.39. The first kappa shape index (κ1) is 14.3. The van der Waals surface area contributed by atoms with Gasteiger partial charge >= 0.3 is 0 Å². The summed E-state index contributed by atoms with van der Waals surface area (Å²) >= 11 is 6.02. The van der Waals surface area contributed by atoms with E-state index in [0.717, 1.165) is 11.8 Å². The molecule has 4 nitrogen and oxygen atoms in total. The lowest BCUT2D eigenvalue weighted by Crippen LogP contribution is -2.02. The van der Waals surface area contributed by atoms with Gasteiger partial charge in [0.05, 0.1) is 17.2 Å². The van der Waals surface area contributed by atoms with Crippen LogP contribution in [0.15, 0.2) is 36.7 Å². The van der Waals surface area contributed by atoms with Crippen LogP contribution in [0.2, 0.25) is 5.02 Å². The maximum atomic E-state index is 11.1. The third kappa shape index (κ3) is 3.27. The van der Waals surface area contributed by atoms with E-state index >= 15 is 0 Å². The average molecular weight is 292 g/mol. The molecule has 2 rings (SSSR count). The first-order valence-electron chi connectivity index (χ1n) is 6.18. The number of ether oxygens (including phenoxy) is 2. The smallest absolute Gasteiger partial charge is 0.172 e. The number of rotatable bonds is 6. The molecule has 0 spiro atoms. The number of carbonyl (C=O) groups excluding carboxylic acids is 1. The van der Waals surface area contributed by atoms with Crippen LogP contribution >= 0.6 is 11.6 Å². The zero-order chi connectivity index (χ0) is 14.4. The van der Waals surface area contributed by atoms with E-state index in [1.54, 1.807) is 36.7 Å². The molecule has 0 bridgehead atoms. The standard InChI is InChI=1S/C15H14ClNO3/c1-2-19-14-5-3-4-11(9-18)15(14)20-10-12-6-7-17-8-13(12)16/h3-9H,2,10H2,1H3. The first-order chi connectivity index (χ1) is 9.76. The van der Waals surface area contributed by atoms with Crippen molar-refractivity contribution in [2.45, 2.75) is 13.5 Å². The van der Waals surface area contributed by atoms with E-state index in [2.05, 4.69) is 4.98 Å². The zero-order valence-electron chi connectivity index (χ0n) is 11.0. The van der Waals surface area contributed by atoms with Crippen LogP contribution in [-0.2, 0) is 6.61 Å². The van der Waals surface area contributed by atoms with Gasteiger partial charge in [-0.25, -0.2) is 0 Å². The fraction of sp³-hybridized carbons (Fsp3) is 0.200. The lowest BCUT2D eigenvalue weighted by atomic mass is 10.2. The van der Waals surface area contributed by atoms with Crippen LogP contribution in [0.25, 0.3) is 0 Å². The molecule has 0 N–H and O–H groups in total. The van der Waals surface area contributed by atoms with Gasteiger partial charge in [-0.05, 0) is 25.1 Å². The zero-order valence-corrected chi connectivity index (χ0v) is 11.8.